The molecule has 2 aromatic rings. The highest BCUT2D eigenvalue weighted by atomic mass is 79.9. The summed E-state index contributed by atoms with van der Waals surface area (Å²) in [7, 11) is 0. The highest BCUT2D eigenvalue weighted by Gasteiger charge is 2.20. The summed E-state index contributed by atoms with van der Waals surface area (Å²) in [5.41, 5.74) is 0.771. The van der Waals surface area contributed by atoms with E-state index in [0.29, 0.717) is 0 Å². The van der Waals surface area contributed by atoms with Crippen molar-refractivity contribution in [2.45, 2.75) is 0 Å². The molecule has 0 saturated carbocycles. The lowest BCUT2D eigenvalue weighted by Crippen LogP contribution is -2.13. The van der Waals surface area contributed by atoms with Gasteiger partial charge in [-0.25, -0.2) is 8.78 Å². The van der Waals surface area contributed by atoms with Crippen molar-refractivity contribution in [2.24, 2.45) is 0 Å². The maximum Gasteiger partial charge on any atom is 0.203 e. The fourth-order valence-corrected chi connectivity index (χ4v) is 1.86. The third kappa shape index (κ3) is 3.87. The first-order chi connectivity index (χ1) is 9.99. The van der Waals surface area contributed by atoms with Crippen molar-refractivity contribution in [3.05, 3.63) is 58.1 Å². The van der Waals surface area contributed by atoms with Gasteiger partial charge in [0, 0.05) is 22.8 Å². The van der Waals surface area contributed by atoms with Crippen LogP contribution in [0.3, 0.4) is 0 Å². The van der Waals surface area contributed by atoms with Gasteiger partial charge in [-0.2, -0.15) is 8.78 Å². The largest absolute Gasteiger partial charge is 0.486 e. The van der Waals surface area contributed by atoms with Crippen molar-refractivity contribution < 1.29 is 22.3 Å². The molecule has 0 saturated heterocycles. The minimum atomic E-state index is -1.54. The van der Waals surface area contributed by atoms with Gasteiger partial charge in [0.15, 0.2) is 17.4 Å². The fourth-order valence-electron chi connectivity index (χ4n) is 1.59. The van der Waals surface area contributed by atoms with Gasteiger partial charge in [-0.05, 0) is 24.3 Å². The third-order valence-corrected chi connectivity index (χ3v) is 3.12. The molecule has 0 aliphatic rings. The average molecular weight is 364 g/mol. The molecule has 7 heteroatoms. The summed E-state index contributed by atoms with van der Waals surface area (Å²) in [6, 6.07) is 7.33. The van der Waals surface area contributed by atoms with Crippen molar-refractivity contribution in [2.75, 3.05) is 18.5 Å². The van der Waals surface area contributed by atoms with E-state index >= 15 is 0 Å². The Balaban J connectivity index is 1.93. The van der Waals surface area contributed by atoms with Crippen molar-refractivity contribution in [3.8, 4) is 5.75 Å². The van der Waals surface area contributed by atoms with E-state index in [0.717, 1.165) is 10.2 Å². The average Bonchev–Trinajstić information content (AvgIpc) is 2.46. The molecule has 0 aliphatic carbocycles. The van der Waals surface area contributed by atoms with E-state index in [1.807, 2.05) is 12.1 Å². The van der Waals surface area contributed by atoms with Gasteiger partial charge in [-0.15, -0.1) is 0 Å². The van der Waals surface area contributed by atoms with E-state index < -0.39 is 29.0 Å². The molecule has 0 bridgehead atoms. The number of benzene rings is 2. The van der Waals surface area contributed by atoms with E-state index in [1.165, 1.54) is 0 Å². The van der Waals surface area contributed by atoms with Gasteiger partial charge in [0.1, 0.15) is 6.61 Å². The van der Waals surface area contributed by atoms with Gasteiger partial charge in [0.05, 0.1) is 0 Å². The second-order valence-corrected chi connectivity index (χ2v) is 5.00. The number of hydrogen-bond acceptors (Lipinski definition) is 2. The van der Waals surface area contributed by atoms with Crippen LogP contribution in [0.2, 0.25) is 0 Å². The van der Waals surface area contributed by atoms with Crippen LogP contribution in [0.15, 0.2) is 34.8 Å². The zero-order chi connectivity index (χ0) is 15.4. The Morgan fingerprint density at radius 2 is 1.52 bits per heavy atom. The van der Waals surface area contributed by atoms with Gasteiger partial charge in [0.2, 0.25) is 11.6 Å². The third-order valence-electron chi connectivity index (χ3n) is 2.59. The van der Waals surface area contributed by atoms with Gasteiger partial charge in [0.25, 0.3) is 0 Å². The van der Waals surface area contributed by atoms with Gasteiger partial charge < -0.3 is 10.1 Å². The van der Waals surface area contributed by atoms with E-state index in [1.54, 1.807) is 12.1 Å². The minimum Gasteiger partial charge on any atom is -0.486 e. The molecule has 0 fully saturated rings. The molecular weight excluding hydrogens is 354 g/mol. The molecule has 2 rings (SSSR count). The van der Waals surface area contributed by atoms with Crippen LogP contribution < -0.4 is 10.1 Å². The smallest absolute Gasteiger partial charge is 0.203 e. The predicted molar refractivity (Wildman–Crippen MR) is 74.4 cm³/mol. The van der Waals surface area contributed by atoms with E-state index in [4.69, 9.17) is 4.74 Å². The summed E-state index contributed by atoms with van der Waals surface area (Å²) in [6.45, 7) is 0.0471. The SMILES string of the molecule is Fc1cc(F)c(F)c(OCCNc2ccc(Br)cc2)c1F. The lowest BCUT2D eigenvalue weighted by Gasteiger charge is -2.10. The molecule has 112 valence electrons. The standard InChI is InChI=1S/C14H10BrF4NO/c15-8-1-3-9(4-2-8)20-5-6-21-14-12(18)10(16)7-11(17)13(14)19/h1-4,7,20H,5-6H2. The number of nitrogens with one attached hydrogen (secondary N) is 1. The molecule has 0 radical (unpaired) electrons. The molecule has 0 aromatic heterocycles. The topological polar surface area (TPSA) is 21.3 Å². The predicted octanol–water partition coefficient (Wildman–Crippen LogP) is 4.50. The molecule has 0 heterocycles. The van der Waals surface area contributed by atoms with Crippen molar-refractivity contribution in [1.29, 1.82) is 0 Å². The van der Waals surface area contributed by atoms with E-state index in [9.17, 15) is 17.6 Å². The molecule has 0 amide bonds. The number of rotatable bonds is 5. The molecule has 0 unspecified atom stereocenters. The van der Waals surface area contributed by atoms with Gasteiger partial charge in [-0.3, -0.25) is 0 Å². The van der Waals surface area contributed by atoms with E-state index in [-0.39, 0.29) is 19.2 Å². The highest BCUT2D eigenvalue weighted by Crippen LogP contribution is 2.26. The molecule has 21 heavy (non-hydrogen) atoms. The van der Waals surface area contributed by atoms with Crippen molar-refractivity contribution in [1.82, 2.24) is 0 Å². The van der Waals surface area contributed by atoms with Crippen LogP contribution in [-0.4, -0.2) is 13.2 Å². The molecule has 2 nitrogen and oxygen atoms in total. The van der Waals surface area contributed by atoms with Crippen LogP contribution >= 0.6 is 15.9 Å². The Hall–Kier alpha value is -1.76. The normalized spacial score (nSPS) is 10.5. The van der Waals surface area contributed by atoms with Crippen LogP contribution in [0.4, 0.5) is 23.2 Å². The lowest BCUT2D eigenvalue weighted by molar-refractivity contribution is 0.282. The molecular formula is C14H10BrF4NO. The fraction of sp³-hybridized carbons (Fsp3) is 0.143. The van der Waals surface area contributed by atoms with Crippen LogP contribution in [0, 0.1) is 23.3 Å². The summed E-state index contributed by atoms with van der Waals surface area (Å²) in [5, 5.41) is 2.93. The summed E-state index contributed by atoms with van der Waals surface area (Å²) in [6.07, 6.45) is 0. The van der Waals surface area contributed by atoms with Crippen LogP contribution in [0.5, 0.6) is 5.75 Å². The number of anilines is 1. The van der Waals surface area contributed by atoms with Crippen LogP contribution in [0.1, 0.15) is 0 Å². The maximum absolute atomic E-state index is 13.3. The zero-order valence-electron chi connectivity index (χ0n) is 10.6. The highest BCUT2D eigenvalue weighted by molar-refractivity contribution is 9.10. The number of hydrogen-bond donors (Lipinski definition) is 1. The maximum atomic E-state index is 13.3. The first kappa shape index (κ1) is 15.6. The van der Waals surface area contributed by atoms with Crippen LogP contribution in [-0.2, 0) is 0 Å². The minimum absolute atomic E-state index is 0.137. The number of ether oxygens (including phenoxy) is 1. The Labute approximate surface area is 126 Å². The van der Waals surface area contributed by atoms with Gasteiger partial charge >= 0.3 is 0 Å². The van der Waals surface area contributed by atoms with Crippen molar-refractivity contribution >= 4 is 21.6 Å². The lowest BCUT2D eigenvalue weighted by atomic mass is 10.3. The summed E-state index contributed by atoms with van der Waals surface area (Å²) in [4.78, 5) is 0. The second-order valence-electron chi connectivity index (χ2n) is 4.08. The van der Waals surface area contributed by atoms with E-state index in [2.05, 4.69) is 21.2 Å². The zero-order valence-corrected chi connectivity index (χ0v) is 12.2. The Morgan fingerprint density at radius 1 is 0.952 bits per heavy atom. The summed E-state index contributed by atoms with van der Waals surface area (Å²) in [5.74, 6) is -7.13. The monoisotopic (exact) mass is 363 g/mol. The van der Waals surface area contributed by atoms with Crippen molar-refractivity contribution in [3.63, 3.8) is 0 Å². The Bertz CT molecular complexity index is 608. The second kappa shape index (κ2) is 6.80. The van der Waals surface area contributed by atoms with Gasteiger partial charge in [-0.1, -0.05) is 15.9 Å². The summed E-state index contributed by atoms with van der Waals surface area (Å²) < 4.78 is 58.2. The Kier molecular flexibility index (Phi) is 5.06. The Morgan fingerprint density at radius 3 is 2.10 bits per heavy atom. The summed E-state index contributed by atoms with van der Waals surface area (Å²) >= 11 is 3.28. The molecule has 2 aromatic carbocycles. The first-order valence-corrected chi connectivity index (χ1v) is 6.73. The molecule has 0 aliphatic heterocycles. The number of halogens is 5. The van der Waals surface area contributed by atoms with Crippen LogP contribution in [0.25, 0.3) is 0 Å². The molecule has 1 N–H and O–H groups in total. The molecule has 0 atom stereocenters. The quantitative estimate of drug-likeness (QED) is 0.479. The molecule has 0 spiro atoms. The first-order valence-electron chi connectivity index (χ1n) is 5.94.